The number of halogens is 3. The molecule has 1 aliphatic carbocycles. The van der Waals surface area contributed by atoms with Gasteiger partial charge in [-0.25, -0.2) is 21.6 Å². The second-order valence-electron chi connectivity index (χ2n) is 10.8. The van der Waals surface area contributed by atoms with Gasteiger partial charge in [-0.15, -0.1) is 0 Å². The molecule has 9 nitrogen and oxygen atoms in total. The number of rotatable bonds is 6. The summed E-state index contributed by atoms with van der Waals surface area (Å²) in [6.45, 7) is 3.38. The van der Waals surface area contributed by atoms with E-state index in [1.807, 2.05) is 9.80 Å². The highest BCUT2D eigenvalue weighted by molar-refractivity contribution is 7.90. The van der Waals surface area contributed by atoms with E-state index in [9.17, 15) is 22.9 Å². The van der Waals surface area contributed by atoms with Gasteiger partial charge < -0.3 is 15.0 Å². The highest BCUT2D eigenvalue weighted by atomic mass is 32.2. The number of benzene rings is 2. The van der Waals surface area contributed by atoms with Crippen molar-refractivity contribution in [2.24, 2.45) is 5.92 Å². The van der Waals surface area contributed by atoms with Gasteiger partial charge in [0.1, 0.15) is 23.2 Å². The number of sulfone groups is 1. The van der Waals surface area contributed by atoms with Crippen molar-refractivity contribution in [1.29, 1.82) is 5.26 Å². The highest BCUT2D eigenvalue weighted by Crippen LogP contribution is 2.44. The number of nitrogens with zero attached hydrogens (tertiary/aromatic N) is 4. The Morgan fingerprint density at radius 3 is 2.26 bits per heavy atom. The molecule has 2 unspecified atom stereocenters. The van der Waals surface area contributed by atoms with Gasteiger partial charge in [0.15, 0.2) is 9.84 Å². The average molecular weight is 604 g/mol. The molecule has 2 atom stereocenters. The number of nitriles is 1. The third-order valence-electron chi connectivity index (χ3n) is 8.08. The van der Waals surface area contributed by atoms with Crippen LogP contribution in [0.25, 0.3) is 0 Å². The number of alkyl halides is 2. The number of amides is 1. The Bertz CT molecular complexity index is 1500. The Hall–Kier alpha value is -3.44. The Balaban J connectivity index is 1.40. The van der Waals surface area contributed by atoms with E-state index in [1.54, 1.807) is 17.0 Å². The van der Waals surface area contributed by atoms with Gasteiger partial charge in [-0.1, -0.05) is 12.2 Å². The zero-order valence-corrected chi connectivity index (χ0v) is 23.9. The molecule has 2 saturated heterocycles. The van der Waals surface area contributed by atoms with Crippen molar-refractivity contribution >= 4 is 15.7 Å². The summed E-state index contributed by atoms with van der Waals surface area (Å²) in [5.74, 6) is -5.28. The monoisotopic (exact) mass is 603 g/mol. The standard InChI is InChI=1S/C29H32F3N5O4S/c1-42(39,40)24-6-7-26(41-23-4-2-22(30)3-5-23)25(18-24)27(38)35-14-16-37(17-15-35)28(36-12-10-34-11-13-36)9-8-21(19-33)29(31,32)20-28/h2-9,18,21,34H,10-17,20H2,1H3. The second-order valence-corrected chi connectivity index (χ2v) is 12.8. The molecule has 224 valence electrons. The molecule has 2 aliphatic heterocycles. The first-order chi connectivity index (χ1) is 19.9. The molecule has 2 fully saturated rings. The molecule has 13 heteroatoms. The van der Waals surface area contributed by atoms with Crippen molar-refractivity contribution in [3.8, 4) is 17.6 Å². The quantitative estimate of drug-likeness (QED) is 0.503. The van der Waals surface area contributed by atoms with Gasteiger partial charge in [-0.3, -0.25) is 14.6 Å². The predicted molar refractivity (Wildman–Crippen MR) is 148 cm³/mol. The molecule has 42 heavy (non-hydrogen) atoms. The van der Waals surface area contributed by atoms with Crippen LogP contribution in [-0.2, 0) is 9.84 Å². The summed E-state index contributed by atoms with van der Waals surface area (Å²) in [6, 6.07) is 10.9. The minimum atomic E-state index is -3.64. The lowest BCUT2D eigenvalue weighted by molar-refractivity contribution is -0.135. The fourth-order valence-corrected chi connectivity index (χ4v) is 6.47. The molecule has 3 aliphatic rings. The fraction of sp³-hybridized carbons (Fsp3) is 0.448. The van der Waals surface area contributed by atoms with Crippen LogP contribution in [0.4, 0.5) is 13.2 Å². The van der Waals surface area contributed by atoms with E-state index in [4.69, 9.17) is 4.74 Å². The van der Waals surface area contributed by atoms with Crippen LogP contribution in [0.1, 0.15) is 16.8 Å². The summed E-state index contributed by atoms with van der Waals surface area (Å²) in [5.41, 5.74) is -1.09. The first-order valence-electron chi connectivity index (χ1n) is 13.7. The number of carbonyl (C=O) groups excluding carboxylic acids is 1. The van der Waals surface area contributed by atoms with Crippen molar-refractivity contribution in [2.45, 2.75) is 22.9 Å². The smallest absolute Gasteiger partial charge is 0.270 e. The number of allylic oxidation sites excluding steroid dienone is 1. The third kappa shape index (κ3) is 6.03. The Morgan fingerprint density at radius 2 is 1.67 bits per heavy atom. The van der Waals surface area contributed by atoms with E-state index in [-0.39, 0.29) is 48.1 Å². The van der Waals surface area contributed by atoms with Gasteiger partial charge in [0.25, 0.3) is 11.8 Å². The largest absolute Gasteiger partial charge is 0.457 e. The number of nitrogens with one attached hydrogen (secondary N) is 1. The number of carbonyl (C=O) groups is 1. The minimum Gasteiger partial charge on any atom is -0.457 e. The molecule has 2 aromatic carbocycles. The molecule has 1 amide bonds. The van der Waals surface area contributed by atoms with E-state index in [1.165, 1.54) is 48.5 Å². The summed E-state index contributed by atoms with van der Waals surface area (Å²) in [5, 5.41) is 12.5. The topological polar surface area (TPSA) is 106 Å². The Morgan fingerprint density at radius 1 is 1.02 bits per heavy atom. The van der Waals surface area contributed by atoms with E-state index >= 15 is 8.78 Å². The summed E-state index contributed by atoms with van der Waals surface area (Å²) in [4.78, 5) is 19.2. The second kappa shape index (κ2) is 11.7. The van der Waals surface area contributed by atoms with Crippen LogP contribution < -0.4 is 10.1 Å². The van der Waals surface area contributed by atoms with Crippen molar-refractivity contribution in [3.05, 3.63) is 66.0 Å². The van der Waals surface area contributed by atoms with Crippen molar-refractivity contribution in [1.82, 2.24) is 20.0 Å². The van der Waals surface area contributed by atoms with Crippen LogP contribution in [-0.4, -0.2) is 99.2 Å². The maximum atomic E-state index is 15.2. The lowest BCUT2D eigenvalue weighted by Crippen LogP contribution is -2.69. The maximum Gasteiger partial charge on any atom is 0.270 e. The number of ether oxygens (including phenoxy) is 1. The third-order valence-corrected chi connectivity index (χ3v) is 9.19. The first kappa shape index (κ1) is 30.0. The van der Waals surface area contributed by atoms with Crippen LogP contribution >= 0.6 is 0 Å². The van der Waals surface area contributed by atoms with E-state index in [0.29, 0.717) is 26.2 Å². The first-order valence-corrected chi connectivity index (χ1v) is 15.6. The molecule has 0 saturated carbocycles. The lowest BCUT2D eigenvalue weighted by atomic mass is 9.82. The van der Waals surface area contributed by atoms with Crippen LogP contribution in [0, 0.1) is 23.1 Å². The molecule has 0 radical (unpaired) electrons. The van der Waals surface area contributed by atoms with E-state index in [0.717, 1.165) is 6.26 Å². The molecular formula is C29H32F3N5O4S. The highest BCUT2D eigenvalue weighted by Gasteiger charge is 2.54. The van der Waals surface area contributed by atoms with Gasteiger partial charge >= 0.3 is 0 Å². The lowest BCUT2D eigenvalue weighted by Gasteiger charge is -2.55. The summed E-state index contributed by atoms with van der Waals surface area (Å²) < 4.78 is 74.2. The summed E-state index contributed by atoms with van der Waals surface area (Å²) >= 11 is 0. The van der Waals surface area contributed by atoms with Gasteiger partial charge in [-0.2, -0.15) is 5.26 Å². The number of piperazine rings is 2. The Kier molecular flexibility index (Phi) is 8.35. The minimum absolute atomic E-state index is 0.0217. The van der Waals surface area contributed by atoms with Crippen LogP contribution in [0.3, 0.4) is 0 Å². The molecule has 0 spiro atoms. The van der Waals surface area contributed by atoms with Crippen molar-refractivity contribution in [2.75, 3.05) is 58.6 Å². The van der Waals surface area contributed by atoms with Crippen LogP contribution in [0.5, 0.6) is 11.5 Å². The molecule has 1 N–H and O–H groups in total. The van der Waals surface area contributed by atoms with Crippen LogP contribution in [0.2, 0.25) is 0 Å². The van der Waals surface area contributed by atoms with Gasteiger partial charge in [0.2, 0.25) is 0 Å². The molecule has 0 bridgehead atoms. The molecular weight excluding hydrogens is 571 g/mol. The zero-order valence-electron chi connectivity index (χ0n) is 23.1. The fourth-order valence-electron chi connectivity index (χ4n) is 5.82. The van der Waals surface area contributed by atoms with Gasteiger partial charge in [0.05, 0.1) is 22.2 Å². The normalized spacial score (nSPS) is 25.1. The molecule has 0 aromatic heterocycles. The zero-order chi connectivity index (χ0) is 30.1. The maximum absolute atomic E-state index is 15.2. The Labute approximate surface area is 243 Å². The van der Waals surface area contributed by atoms with E-state index < -0.39 is 45.5 Å². The summed E-state index contributed by atoms with van der Waals surface area (Å²) in [6.07, 6.45) is 3.54. The molecule has 5 rings (SSSR count). The number of hydrogen-bond acceptors (Lipinski definition) is 8. The van der Waals surface area contributed by atoms with Crippen molar-refractivity contribution < 1.29 is 31.1 Å². The van der Waals surface area contributed by atoms with Crippen LogP contribution in [0.15, 0.2) is 59.5 Å². The SMILES string of the molecule is CS(=O)(=O)c1ccc(Oc2ccc(F)cc2)c(C(=O)N2CCN(C3(N4CCNCC4)C=CC(C#N)C(F)(F)C3)CC2)c1. The molecule has 2 heterocycles. The van der Waals surface area contributed by atoms with Gasteiger partial charge in [-0.05, 0) is 42.5 Å². The molecule has 2 aromatic rings. The predicted octanol–water partition coefficient (Wildman–Crippen LogP) is 3.12. The van der Waals surface area contributed by atoms with Crippen molar-refractivity contribution in [3.63, 3.8) is 0 Å². The number of hydrogen-bond donors (Lipinski definition) is 1. The average Bonchev–Trinajstić information content (AvgIpc) is 2.97. The van der Waals surface area contributed by atoms with Gasteiger partial charge in [0, 0.05) is 65.0 Å². The van der Waals surface area contributed by atoms with E-state index in [2.05, 4.69) is 5.32 Å². The summed E-state index contributed by atoms with van der Waals surface area (Å²) in [7, 11) is -3.64.